The second-order valence-electron chi connectivity index (χ2n) is 2.72. The normalized spacial score (nSPS) is 10.3. The highest BCUT2D eigenvalue weighted by Gasteiger charge is 2.05. The van der Waals surface area contributed by atoms with Gasteiger partial charge in [-0.15, -0.1) is 11.8 Å². The van der Waals surface area contributed by atoms with Gasteiger partial charge >= 0.3 is 0 Å². The van der Waals surface area contributed by atoms with E-state index >= 15 is 0 Å². The van der Waals surface area contributed by atoms with Crippen LogP contribution in [-0.2, 0) is 6.42 Å². The monoisotopic (exact) mass is 200 g/mol. The molecule has 0 bridgehead atoms. The fourth-order valence-electron chi connectivity index (χ4n) is 1.29. The van der Waals surface area contributed by atoms with Gasteiger partial charge in [-0.1, -0.05) is 24.6 Å². The van der Waals surface area contributed by atoms with Crippen molar-refractivity contribution in [3.05, 3.63) is 28.3 Å². The third-order valence-electron chi connectivity index (χ3n) is 2.01. The van der Waals surface area contributed by atoms with E-state index in [1.807, 2.05) is 6.07 Å². The van der Waals surface area contributed by atoms with Crippen molar-refractivity contribution in [3.63, 3.8) is 0 Å². The highest BCUT2D eigenvalue weighted by atomic mass is 35.5. The highest BCUT2D eigenvalue weighted by Crippen LogP contribution is 2.29. The molecule has 0 saturated carbocycles. The van der Waals surface area contributed by atoms with Gasteiger partial charge in [0, 0.05) is 9.92 Å². The Hall–Kier alpha value is -0.140. The Bertz CT molecular complexity index is 281. The first-order valence-electron chi connectivity index (χ1n) is 4.02. The Labute approximate surface area is 83.3 Å². The number of hydrogen-bond donors (Lipinski definition) is 0. The van der Waals surface area contributed by atoms with E-state index in [1.54, 1.807) is 11.8 Å². The largest absolute Gasteiger partial charge is 0.129 e. The summed E-state index contributed by atoms with van der Waals surface area (Å²) in [6.07, 6.45) is 3.17. The molecule has 0 aromatic heterocycles. The van der Waals surface area contributed by atoms with E-state index in [0.717, 1.165) is 11.4 Å². The van der Waals surface area contributed by atoms with Gasteiger partial charge in [0.25, 0.3) is 0 Å². The number of thioether (sulfide) groups is 1. The summed E-state index contributed by atoms with van der Waals surface area (Å²) in [7, 11) is 0. The Morgan fingerprint density at radius 2 is 2.08 bits per heavy atom. The molecule has 1 aromatic rings. The molecule has 0 saturated heterocycles. The van der Waals surface area contributed by atoms with Crippen LogP contribution in [0.3, 0.4) is 0 Å². The highest BCUT2D eigenvalue weighted by molar-refractivity contribution is 7.98. The fraction of sp³-hybridized carbons (Fsp3) is 0.400. The first-order valence-corrected chi connectivity index (χ1v) is 5.63. The minimum Gasteiger partial charge on any atom is -0.129 e. The van der Waals surface area contributed by atoms with Crippen LogP contribution in [0.25, 0.3) is 0 Å². The SMILES string of the molecule is CCc1ccc(Cl)c(C)c1SC. The number of benzene rings is 1. The van der Waals surface area contributed by atoms with E-state index in [2.05, 4.69) is 26.2 Å². The molecule has 0 aliphatic carbocycles. The third-order valence-corrected chi connectivity index (χ3v) is 3.39. The van der Waals surface area contributed by atoms with E-state index in [4.69, 9.17) is 11.6 Å². The van der Waals surface area contributed by atoms with Crippen molar-refractivity contribution < 1.29 is 0 Å². The zero-order valence-electron chi connectivity index (χ0n) is 7.65. The summed E-state index contributed by atoms with van der Waals surface area (Å²) >= 11 is 7.78. The van der Waals surface area contributed by atoms with E-state index in [1.165, 1.54) is 16.0 Å². The van der Waals surface area contributed by atoms with Crippen LogP contribution in [0.1, 0.15) is 18.1 Å². The minimum atomic E-state index is 0.872. The zero-order chi connectivity index (χ0) is 9.14. The second-order valence-corrected chi connectivity index (χ2v) is 3.94. The van der Waals surface area contributed by atoms with Crippen molar-refractivity contribution >= 4 is 23.4 Å². The molecule has 1 aromatic carbocycles. The van der Waals surface area contributed by atoms with Gasteiger partial charge in [0.2, 0.25) is 0 Å². The van der Waals surface area contributed by atoms with Crippen LogP contribution >= 0.6 is 23.4 Å². The Morgan fingerprint density at radius 1 is 1.42 bits per heavy atom. The van der Waals surface area contributed by atoms with Gasteiger partial charge < -0.3 is 0 Å². The van der Waals surface area contributed by atoms with Crippen molar-refractivity contribution in [1.29, 1.82) is 0 Å². The molecular weight excluding hydrogens is 188 g/mol. The van der Waals surface area contributed by atoms with E-state index in [9.17, 15) is 0 Å². The topological polar surface area (TPSA) is 0 Å². The molecule has 0 atom stereocenters. The fourth-order valence-corrected chi connectivity index (χ4v) is 2.39. The summed E-state index contributed by atoms with van der Waals surface area (Å²) in [5.41, 5.74) is 2.60. The lowest BCUT2D eigenvalue weighted by atomic mass is 10.1. The van der Waals surface area contributed by atoms with Gasteiger partial charge in [-0.05, 0) is 36.8 Å². The molecule has 0 unspecified atom stereocenters. The first-order chi connectivity index (χ1) is 5.70. The average molecular weight is 201 g/mol. The third kappa shape index (κ3) is 1.78. The van der Waals surface area contributed by atoms with Crippen LogP contribution < -0.4 is 0 Å². The van der Waals surface area contributed by atoms with Crippen molar-refractivity contribution in [3.8, 4) is 0 Å². The van der Waals surface area contributed by atoms with Crippen LogP contribution in [-0.4, -0.2) is 6.26 Å². The maximum Gasteiger partial charge on any atom is 0.0446 e. The summed E-state index contributed by atoms with van der Waals surface area (Å²) in [5.74, 6) is 0. The van der Waals surface area contributed by atoms with Crippen molar-refractivity contribution in [1.82, 2.24) is 0 Å². The molecule has 1 rings (SSSR count). The Morgan fingerprint density at radius 3 is 2.58 bits per heavy atom. The molecule has 0 aliphatic rings. The smallest absolute Gasteiger partial charge is 0.0446 e. The van der Waals surface area contributed by atoms with Crippen LogP contribution in [0.5, 0.6) is 0 Å². The lowest BCUT2D eigenvalue weighted by molar-refractivity contribution is 1.06. The summed E-state index contributed by atoms with van der Waals surface area (Å²) < 4.78 is 0. The van der Waals surface area contributed by atoms with Crippen LogP contribution in [0.2, 0.25) is 5.02 Å². The van der Waals surface area contributed by atoms with Crippen LogP contribution in [0.4, 0.5) is 0 Å². The van der Waals surface area contributed by atoms with Gasteiger partial charge in [0.15, 0.2) is 0 Å². The lowest BCUT2D eigenvalue weighted by Crippen LogP contribution is -1.89. The molecule has 66 valence electrons. The van der Waals surface area contributed by atoms with Crippen molar-refractivity contribution in [2.45, 2.75) is 25.2 Å². The molecule has 0 heterocycles. The van der Waals surface area contributed by atoms with E-state index in [-0.39, 0.29) is 0 Å². The average Bonchev–Trinajstić information content (AvgIpc) is 2.09. The summed E-state index contributed by atoms with van der Waals surface area (Å²) in [6.45, 7) is 4.25. The van der Waals surface area contributed by atoms with Gasteiger partial charge in [-0.2, -0.15) is 0 Å². The summed E-state index contributed by atoms with van der Waals surface area (Å²) in [6, 6.07) is 4.09. The second kappa shape index (κ2) is 4.20. The molecular formula is C10H13ClS. The molecule has 0 radical (unpaired) electrons. The van der Waals surface area contributed by atoms with E-state index in [0.29, 0.717) is 0 Å². The predicted molar refractivity (Wildman–Crippen MR) is 57.3 cm³/mol. The van der Waals surface area contributed by atoms with Crippen molar-refractivity contribution in [2.75, 3.05) is 6.26 Å². The summed E-state index contributed by atoms with van der Waals surface area (Å²) in [5, 5.41) is 0.872. The van der Waals surface area contributed by atoms with Gasteiger partial charge in [-0.3, -0.25) is 0 Å². The summed E-state index contributed by atoms with van der Waals surface area (Å²) in [4.78, 5) is 1.34. The maximum atomic E-state index is 6.01. The van der Waals surface area contributed by atoms with Crippen molar-refractivity contribution in [2.24, 2.45) is 0 Å². The zero-order valence-corrected chi connectivity index (χ0v) is 9.22. The van der Waals surface area contributed by atoms with Gasteiger partial charge in [0.05, 0.1) is 0 Å². The van der Waals surface area contributed by atoms with Crippen LogP contribution in [0, 0.1) is 6.92 Å². The molecule has 0 fully saturated rings. The molecule has 0 aliphatic heterocycles. The minimum absolute atomic E-state index is 0.872. The number of rotatable bonds is 2. The van der Waals surface area contributed by atoms with Crippen LogP contribution in [0.15, 0.2) is 17.0 Å². The molecule has 0 amide bonds. The quantitative estimate of drug-likeness (QED) is 0.652. The lowest BCUT2D eigenvalue weighted by Gasteiger charge is -2.09. The van der Waals surface area contributed by atoms with E-state index < -0.39 is 0 Å². The molecule has 0 spiro atoms. The Balaban J connectivity index is 3.25. The number of hydrogen-bond acceptors (Lipinski definition) is 1. The standard InChI is InChI=1S/C10H13ClS/c1-4-8-5-6-9(11)7(2)10(8)12-3/h5-6H,4H2,1-3H3. The Kier molecular flexibility index (Phi) is 3.48. The van der Waals surface area contributed by atoms with Gasteiger partial charge in [-0.25, -0.2) is 0 Å². The number of aryl methyl sites for hydroxylation is 1. The van der Waals surface area contributed by atoms with Gasteiger partial charge in [0.1, 0.15) is 0 Å². The maximum absolute atomic E-state index is 6.01. The molecule has 12 heavy (non-hydrogen) atoms. The molecule has 2 heteroatoms. The predicted octanol–water partition coefficient (Wildman–Crippen LogP) is 3.93. The molecule has 0 nitrogen and oxygen atoms in total. The number of halogens is 1. The molecule has 0 N–H and O–H groups in total. The first kappa shape index (κ1) is 9.94.